The maximum absolute atomic E-state index is 11.4. The molecule has 5 nitrogen and oxygen atoms in total. The molecule has 1 aromatic carbocycles. The molecule has 110 valence electrons. The molecule has 1 aliphatic rings. The number of esters is 1. The van der Waals surface area contributed by atoms with Gasteiger partial charge < -0.3 is 10.1 Å². The molecule has 1 fully saturated rings. The molecule has 7 heteroatoms. The summed E-state index contributed by atoms with van der Waals surface area (Å²) < 4.78 is 5.73. The maximum Gasteiger partial charge on any atom is 0.319 e. The number of thioether (sulfide) groups is 1. The Balaban J connectivity index is 1.67. The lowest BCUT2D eigenvalue weighted by atomic mass is 10.1. The van der Waals surface area contributed by atoms with Crippen molar-refractivity contribution >= 4 is 39.9 Å². The highest BCUT2D eigenvalue weighted by Crippen LogP contribution is 2.34. The largest absolute Gasteiger partial charge is 0.465 e. The van der Waals surface area contributed by atoms with Crippen molar-refractivity contribution < 1.29 is 9.53 Å². The van der Waals surface area contributed by atoms with Gasteiger partial charge in [-0.25, -0.2) is 0 Å². The standard InChI is InChI=1S/C14H15N3O2S2/c1-8-3-4-10(7-9(8)2)15-13-16-17-14(21-13)20-11-5-6-19-12(11)18/h3-4,7,11H,5-6H2,1-2H3,(H,15,16). The molecule has 0 radical (unpaired) electrons. The fourth-order valence-electron chi connectivity index (χ4n) is 1.96. The zero-order chi connectivity index (χ0) is 14.8. The number of nitrogens with zero attached hydrogens (tertiary/aromatic N) is 2. The summed E-state index contributed by atoms with van der Waals surface area (Å²) in [5, 5.41) is 12.1. The van der Waals surface area contributed by atoms with Gasteiger partial charge in [-0.3, -0.25) is 4.79 Å². The van der Waals surface area contributed by atoms with Crippen LogP contribution < -0.4 is 5.32 Å². The van der Waals surface area contributed by atoms with E-state index in [1.54, 1.807) is 0 Å². The quantitative estimate of drug-likeness (QED) is 0.872. The SMILES string of the molecule is Cc1ccc(Nc2nnc(SC3CCOC3=O)s2)cc1C. The van der Waals surface area contributed by atoms with Gasteiger partial charge in [0.05, 0.1) is 6.61 Å². The molecule has 1 aromatic heterocycles. The Morgan fingerprint density at radius 1 is 1.33 bits per heavy atom. The van der Waals surface area contributed by atoms with Crippen LogP contribution in [0.2, 0.25) is 0 Å². The van der Waals surface area contributed by atoms with Gasteiger partial charge in [0, 0.05) is 12.1 Å². The molecular formula is C14H15N3O2S2. The number of rotatable bonds is 4. The van der Waals surface area contributed by atoms with Crippen LogP contribution in [0.25, 0.3) is 0 Å². The summed E-state index contributed by atoms with van der Waals surface area (Å²) in [7, 11) is 0. The zero-order valence-electron chi connectivity index (χ0n) is 11.8. The van der Waals surface area contributed by atoms with E-state index in [0.717, 1.165) is 21.6 Å². The Morgan fingerprint density at radius 2 is 2.19 bits per heavy atom. The van der Waals surface area contributed by atoms with Crippen molar-refractivity contribution in [3.05, 3.63) is 29.3 Å². The summed E-state index contributed by atoms with van der Waals surface area (Å²) in [6.07, 6.45) is 0.739. The van der Waals surface area contributed by atoms with Gasteiger partial charge in [-0.15, -0.1) is 10.2 Å². The fraction of sp³-hybridized carbons (Fsp3) is 0.357. The number of carbonyl (C=O) groups is 1. The topological polar surface area (TPSA) is 64.1 Å². The van der Waals surface area contributed by atoms with Crippen molar-refractivity contribution in [1.82, 2.24) is 10.2 Å². The van der Waals surface area contributed by atoms with E-state index in [9.17, 15) is 4.79 Å². The van der Waals surface area contributed by atoms with E-state index in [1.165, 1.54) is 34.2 Å². The van der Waals surface area contributed by atoms with Gasteiger partial charge in [0.2, 0.25) is 5.13 Å². The molecule has 1 unspecified atom stereocenters. The Bertz CT molecular complexity index is 672. The normalized spacial score (nSPS) is 17.8. The lowest BCUT2D eigenvalue weighted by Crippen LogP contribution is -2.08. The zero-order valence-corrected chi connectivity index (χ0v) is 13.4. The van der Waals surface area contributed by atoms with Gasteiger partial charge in [0.25, 0.3) is 0 Å². The van der Waals surface area contributed by atoms with Crippen LogP contribution in [0.1, 0.15) is 17.5 Å². The van der Waals surface area contributed by atoms with Crippen LogP contribution in [0.15, 0.2) is 22.5 Å². The summed E-state index contributed by atoms with van der Waals surface area (Å²) in [4.78, 5) is 11.4. The average molecular weight is 321 g/mol. The van der Waals surface area contributed by atoms with Gasteiger partial charge in [-0.1, -0.05) is 29.2 Å². The summed E-state index contributed by atoms with van der Waals surface area (Å²) in [6.45, 7) is 4.66. The first kappa shape index (κ1) is 14.3. The second-order valence-corrected chi connectivity index (χ2v) is 7.29. The van der Waals surface area contributed by atoms with Crippen molar-refractivity contribution in [2.45, 2.75) is 29.9 Å². The van der Waals surface area contributed by atoms with E-state index >= 15 is 0 Å². The minimum atomic E-state index is -0.154. The highest BCUT2D eigenvalue weighted by molar-refractivity contribution is 8.02. The lowest BCUT2D eigenvalue weighted by Gasteiger charge is -2.05. The molecule has 0 amide bonds. The second-order valence-electron chi connectivity index (χ2n) is 4.86. The van der Waals surface area contributed by atoms with Crippen molar-refractivity contribution in [3.8, 4) is 0 Å². The van der Waals surface area contributed by atoms with Crippen LogP contribution in [0.4, 0.5) is 10.8 Å². The summed E-state index contributed by atoms with van der Waals surface area (Å²) in [5.74, 6) is -0.154. The number of benzene rings is 1. The monoisotopic (exact) mass is 321 g/mol. The molecule has 0 spiro atoms. The predicted octanol–water partition coefficient (Wildman–Crippen LogP) is 3.31. The number of ether oxygens (including phenoxy) is 1. The Kier molecular flexibility index (Phi) is 4.12. The molecule has 2 heterocycles. The highest BCUT2D eigenvalue weighted by atomic mass is 32.2. The predicted molar refractivity (Wildman–Crippen MR) is 84.3 cm³/mol. The molecule has 2 aromatic rings. The molecule has 0 saturated carbocycles. The van der Waals surface area contributed by atoms with E-state index in [2.05, 4.69) is 41.5 Å². The minimum absolute atomic E-state index is 0.146. The first-order valence-electron chi connectivity index (χ1n) is 6.63. The first-order chi connectivity index (χ1) is 10.1. The molecule has 1 N–H and O–H groups in total. The molecule has 1 atom stereocenters. The van der Waals surface area contributed by atoms with E-state index in [0.29, 0.717) is 6.61 Å². The van der Waals surface area contributed by atoms with Gasteiger partial charge in [-0.05, 0) is 37.1 Å². The number of nitrogens with one attached hydrogen (secondary N) is 1. The van der Waals surface area contributed by atoms with Crippen LogP contribution in [0, 0.1) is 13.8 Å². The Morgan fingerprint density at radius 3 is 2.90 bits per heavy atom. The minimum Gasteiger partial charge on any atom is -0.465 e. The fourth-order valence-corrected chi connectivity index (χ4v) is 3.94. The molecule has 1 saturated heterocycles. The van der Waals surface area contributed by atoms with Crippen LogP contribution in [-0.4, -0.2) is 28.0 Å². The maximum atomic E-state index is 11.4. The molecule has 1 aliphatic heterocycles. The van der Waals surface area contributed by atoms with Gasteiger partial charge >= 0.3 is 5.97 Å². The van der Waals surface area contributed by atoms with Crippen molar-refractivity contribution in [3.63, 3.8) is 0 Å². The van der Waals surface area contributed by atoms with Crippen LogP contribution in [-0.2, 0) is 9.53 Å². The van der Waals surface area contributed by atoms with Crippen molar-refractivity contribution in [1.29, 1.82) is 0 Å². The molecular weight excluding hydrogens is 306 g/mol. The molecule has 0 bridgehead atoms. The van der Waals surface area contributed by atoms with Gasteiger partial charge in [-0.2, -0.15) is 0 Å². The van der Waals surface area contributed by atoms with Crippen molar-refractivity contribution in [2.24, 2.45) is 0 Å². The number of hydrogen-bond donors (Lipinski definition) is 1. The van der Waals surface area contributed by atoms with E-state index in [4.69, 9.17) is 4.74 Å². The third kappa shape index (κ3) is 3.36. The molecule has 3 rings (SSSR count). The number of aryl methyl sites for hydroxylation is 2. The highest BCUT2D eigenvalue weighted by Gasteiger charge is 2.28. The van der Waals surface area contributed by atoms with Gasteiger partial charge in [0.15, 0.2) is 4.34 Å². The third-order valence-electron chi connectivity index (χ3n) is 3.29. The number of carbonyl (C=O) groups excluding carboxylic acids is 1. The smallest absolute Gasteiger partial charge is 0.319 e. The Hall–Kier alpha value is -1.60. The summed E-state index contributed by atoms with van der Waals surface area (Å²) in [5.41, 5.74) is 3.48. The number of aromatic nitrogens is 2. The van der Waals surface area contributed by atoms with E-state index in [-0.39, 0.29) is 11.2 Å². The third-order valence-corrected chi connectivity index (χ3v) is 5.46. The van der Waals surface area contributed by atoms with E-state index in [1.807, 2.05) is 6.07 Å². The number of anilines is 2. The Labute approximate surface area is 131 Å². The summed E-state index contributed by atoms with van der Waals surface area (Å²) in [6, 6.07) is 6.17. The van der Waals surface area contributed by atoms with Crippen molar-refractivity contribution in [2.75, 3.05) is 11.9 Å². The average Bonchev–Trinajstić information content (AvgIpc) is 3.05. The number of cyclic esters (lactones) is 1. The molecule has 21 heavy (non-hydrogen) atoms. The van der Waals surface area contributed by atoms with Crippen LogP contribution in [0.5, 0.6) is 0 Å². The van der Waals surface area contributed by atoms with Gasteiger partial charge in [0.1, 0.15) is 5.25 Å². The van der Waals surface area contributed by atoms with Crippen LogP contribution >= 0.6 is 23.1 Å². The van der Waals surface area contributed by atoms with Crippen LogP contribution in [0.3, 0.4) is 0 Å². The van der Waals surface area contributed by atoms with E-state index < -0.39 is 0 Å². The molecule has 0 aliphatic carbocycles. The lowest BCUT2D eigenvalue weighted by molar-refractivity contribution is -0.137. The second kappa shape index (κ2) is 6.03. The first-order valence-corrected chi connectivity index (χ1v) is 8.32. The number of hydrogen-bond acceptors (Lipinski definition) is 7. The summed E-state index contributed by atoms with van der Waals surface area (Å²) >= 11 is 2.88.